The average molecular weight is 599 g/mol. The van der Waals surface area contributed by atoms with Gasteiger partial charge in [-0.25, -0.2) is 4.99 Å². The third-order valence-corrected chi connectivity index (χ3v) is 7.21. The molecule has 0 bridgehead atoms. The topological polar surface area (TPSA) is 91.8 Å². The van der Waals surface area contributed by atoms with Gasteiger partial charge in [0.2, 0.25) is 5.91 Å². The zero-order valence-corrected chi connectivity index (χ0v) is 26.2. The molecule has 1 aliphatic rings. The number of fused-ring (bicyclic) bond motifs is 1. The maximum Gasteiger partial charge on any atom is 0.255 e. The Morgan fingerprint density at radius 1 is 1.05 bits per heavy atom. The first-order valence-electron chi connectivity index (χ1n) is 14.6. The number of rotatable bonds is 7. The summed E-state index contributed by atoms with van der Waals surface area (Å²) in [5.74, 6) is 7.31. The van der Waals surface area contributed by atoms with E-state index in [1.54, 1.807) is 6.07 Å². The number of carbonyl (C=O) groups is 2. The molecule has 8 heteroatoms. The van der Waals surface area contributed by atoms with Gasteiger partial charge >= 0.3 is 0 Å². The number of benzene rings is 3. The highest BCUT2D eigenvalue weighted by Gasteiger charge is 2.23. The molecule has 224 valence electrons. The second kappa shape index (κ2) is 14.3. The van der Waals surface area contributed by atoms with Gasteiger partial charge in [0.25, 0.3) is 5.91 Å². The van der Waals surface area contributed by atoms with Gasteiger partial charge in [-0.2, -0.15) is 0 Å². The first-order valence-corrected chi connectivity index (χ1v) is 14.9. The summed E-state index contributed by atoms with van der Waals surface area (Å²) in [6, 6.07) is 19.0. The van der Waals surface area contributed by atoms with Crippen LogP contribution in [0.4, 0.5) is 11.4 Å². The Morgan fingerprint density at radius 2 is 1.81 bits per heavy atom. The summed E-state index contributed by atoms with van der Waals surface area (Å²) in [7, 11) is 0. The zero-order chi connectivity index (χ0) is 31.0. The molecule has 0 fully saturated rings. The normalized spacial score (nSPS) is 14.3. The van der Waals surface area contributed by atoms with Crippen molar-refractivity contribution in [3.05, 3.63) is 87.9 Å². The molecule has 1 aliphatic heterocycles. The minimum atomic E-state index is -0.473. The molecule has 1 unspecified atom stereocenters. The van der Waals surface area contributed by atoms with E-state index in [1.807, 2.05) is 82.3 Å². The van der Waals surface area contributed by atoms with E-state index in [1.165, 1.54) is 0 Å². The Labute approximate surface area is 259 Å². The molecule has 0 aliphatic carbocycles. The fraction of sp³-hybridized carbons (Fsp3) is 0.343. The highest BCUT2D eigenvalue weighted by atomic mass is 35.5. The lowest BCUT2D eigenvalue weighted by atomic mass is 9.95. The first-order chi connectivity index (χ1) is 20.5. The van der Waals surface area contributed by atoms with Crippen LogP contribution in [0.25, 0.3) is 0 Å². The SMILES string of the molecule is CCOc1cc2c(cc1C(=O)NCC#Cc1ccccc1)N=C(Nc1cc(CNC(=O)C(C)(C)C)ccc1Cl)CC(C)C2. The number of aliphatic imine (C=N–C) groups is 1. The fourth-order valence-electron chi connectivity index (χ4n) is 4.65. The maximum absolute atomic E-state index is 13.2. The van der Waals surface area contributed by atoms with Crippen molar-refractivity contribution in [1.29, 1.82) is 0 Å². The lowest BCUT2D eigenvalue weighted by molar-refractivity contribution is -0.128. The smallest absolute Gasteiger partial charge is 0.255 e. The van der Waals surface area contributed by atoms with E-state index in [-0.39, 0.29) is 24.3 Å². The molecule has 3 N–H and O–H groups in total. The standard InChI is InChI=1S/C35H39ClN4O3/c1-6-43-31-20-26-17-23(2)18-32(40-30-19-25(14-15-28(30)36)22-38-34(42)35(3,4)5)39-29(26)21-27(31)33(41)37-16-10-13-24-11-8-7-9-12-24/h7-9,11-12,14-15,19-21,23H,6,16-18,22H2,1-5H3,(H,37,41)(H,38,42)(H,39,40). The van der Waals surface area contributed by atoms with Crippen LogP contribution in [0.15, 0.2) is 65.7 Å². The quantitative estimate of drug-likeness (QED) is 0.258. The van der Waals surface area contributed by atoms with Crippen LogP contribution in [0.2, 0.25) is 5.02 Å². The van der Waals surface area contributed by atoms with E-state index in [4.69, 9.17) is 21.3 Å². The summed E-state index contributed by atoms with van der Waals surface area (Å²) < 4.78 is 5.88. The number of nitrogens with one attached hydrogen (secondary N) is 3. The van der Waals surface area contributed by atoms with Crippen molar-refractivity contribution in [2.45, 2.75) is 54.0 Å². The van der Waals surface area contributed by atoms with Crippen LogP contribution in [0.5, 0.6) is 5.75 Å². The molecular formula is C35H39ClN4O3. The van der Waals surface area contributed by atoms with Crippen molar-refractivity contribution in [2.24, 2.45) is 16.3 Å². The second-order valence-electron chi connectivity index (χ2n) is 11.7. The number of amidine groups is 1. The van der Waals surface area contributed by atoms with Crippen LogP contribution in [-0.2, 0) is 17.8 Å². The molecule has 3 aromatic rings. The molecule has 0 saturated carbocycles. The molecule has 3 aromatic carbocycles. The maximum atomic E-state index is 13.2. The Morgan fingerprint density at radius 3 is 2.53 bits per heavy atom. The van der Waals surface area contributed by atoms with Crippen molar-refractivity contribution in [3.63, 3.8) is 0 Å². The number of ether oxygens (including phenoxy) is 1. The van der Waals surface area contributed by atoms with Gasteiger partial charge < -0.3 is 20.7 Å². The van der Waals surface area contributed by atoms with Gasteiger partial charge in [0.05, 0.1) is 35.1 Å². The minimum Gasteiger partial charge on any atom is -0.493 e. The van der Waals surface area contributed by atoms with Crippen LogP contribution in [0.1, 0.15) is 68.1 Å². The molecule has 0 saturated heterocycles. The van der Waals surface area contributed by atoms with E-state index in [9.17, 15) is 9.59 Å². The average Bonchev–Trinajstić information content (AvgIpc) is 3.12. The predicted octanol–water partition coefficient (Wildman–Crippen LogP) is 6.91. The van der Waals surface area contributed by atoms with Crippen molar-refractivity contribution in [1.82, 2.24) is 10.6 Å². The molecule has 7 nitrogen and oxygen atoms in total. The van der Waals surface area contributed by atoms with Crippen LogP contribution in [0, 0.1) is 23.2 Å². The minimum absolute atomic E-state index is 0.0231. The molecule has 2 amide bonds. The third-order valence-electron chi connectivity index (χ3n) is 6.88. The summed E-state index contributed by atoms with van der Waals surface area (Å²) in [4.78, 5) is 30.6. The van der Waals surface area contributed by atoms with Crippen LogP contribution >= 0.6 is 11.6 Å². The molecule has 0 spiro atoms. The number of carbonyl (C=O) groups excluding carboxylic acids is 2. The van der Waals surface area contributed by atoms with Crippen molar-refractivity contribution in [2.75, 3.05) is 18.5 Å². The van der Waals surface area contributed by atoms with E-state index < -0.39 is 5.41 Å². The van der Waals surface area contributed by atoms with E-state index >= 15 is 0 Å². The summed E-state index contributed by atoms with van der Waals surface area (Å²) >= 11 is 6.56. The van der Waals surface area contributed by atoms with Gasteiger partial charge in [0, 0.05) is 23.9 Å². The highest BCUT2D eigenvalue weighted by molar-refractivity contribution is 6.33. The molecule has 1 heterocycles. The number of hydrogen-bond acceptors (Lipinski definition) is 5. The van der Waals surface area contributed by atoms with Gasteiger partial charge in [0.15, 0.2) is 0 Å². The van der Waals surface area contributed by atoms with E-state index in [0.29, 0.717) is 47.3 Å². The molecule has 1 atom stereocenters. The lowest BCUT2D eigenvalue weighted by Crippen LogP contribution is -2.34. The number of amides is 2. The monoisotopic (exact) mass is 598 g/mol. The van der Waals surface area contributed by atoms with E-state index in [0.717, 1.165) is 28.9 Å². The van der Waals surface area contributed by atoms with Gasteiger partial charge in [0.1, 0.15) is 11.6 Å². The summed E-state index contributed by atoms with van der Waals surface area (Å²) in [5, 5.41) is 9.84. The Hall–Kier alpha value is -4.28. The molecule has 43 heavy (non-hydrogen) atoms. The largest absolute Gasteiger partial charge is 0.493 e. The fourth-order valence-corrected chi connectivity index (χ4v) is 4.81. The third kappa shape index (κ3) is 8.86. The van der Waals surface area contributed by atoms with Crippen LogP contribution in [-0.4, -0.2) is 30.8 Å². The highest BCUT2D eigenvalue weighted by Crippen LogP contribution is 2.35. The zero-order valence-electron chi connectivity index (χ0n) is 25.4. The van der Waals surface area contributed by atoms with E-state index in [2.05, 4.69) is 34.7 Å². The van der Waals surface area contributed by atoms with Crippen LogP contribution < -0.4 is 20.7 Å². The molecule has 0 radical (unpaired) electrons. The summed E-state index contributed by atoms with van der Waals surface area (Å²) in [6.45, 7) is 10.7. The first kappa shape index (κ1) is 31.7. The second-order valence-corrected chi connectivity index (χ2v) is 12.1. The Bertz CT molecular complexity index is 1570. The molecule has 4 rings (SSSR count). The predicted molar refractivity (Wildman–Crippen MR) is 174 cm³/mol. The Balaban J connectivity index is 1.56. The van der Waals surface area contributed by atoms with Gasteiger partial charge in [-0.05, 0) is 66.8 Å². The number of anilines is 1. The lowest BCUT2D eigenvalue weighted by Gasteiger charge is -2.18. The Kier molecular flexibility index (Phi) is 10.5. The number of hydrogen-bond donors (Lipinski definition) is 3. The van der Waals surface area contributed by atoms with Gasteiger partial charge in [-0.15, -0.1) is 0 Å². The van der Waals surface area contributed by atoms with Crippen molar-refractivity contribution >= 4 is 40.6 Å². The van der Waals surface area contributed by atoms with Gasteiger partial charge in [-0.3, -0.25) is 9.59 Å². The number of nitrogens with zero attached hydrogens (tertiary/aromatic N) is 1. The number of halogens is 1. The molecular weight excluding hydrogens is 560 g/mol. The van der Waals surface area contributed by atoms with Crippen molar-refractivity contribution < 1.29 is 14.3 Å². The van der Waals surface area contributed by atoms with Gasteiger partial charge in [-0.1, -0.05) is 75.4 Å². The van der Waals surface area contributed by atoms with Crippen molar-refractivity contribution in [3.8, 4) is 17.6 Å². The summed E-state index contributed by atoms with van der Waals surface area (Å²) in [5.41, 5.74) is 4.18. The molecule has 0 aromatic heterocycles. The summed E-state index contributed by atoms with van der Waals surface area (Å²) in [6.07, 6.45) is 1.47. The van der Waals surface area contributed by atoms with Crippen LogP contribution in [0.3, 0.4) is 0 Å².